The first-order chi connectivity index (χ1) is 8.58. The Balaban J connectivity index is 2.34. The molecule has 0 spiro atoms. The molecule has 1 aliphatic rings. The van der Waals surface area contributed by atoms with Gasteiger partial charge in [-0.1, -0.05) is 0 Å². The first-order valence-corrected chi connectivity index (χ1v) is 5.20. The van der Waals surface area contributed by atoms with Crippen LogP contribution in [-0.2, 0) is 9.57 Å². The van der Waals surface area contributed by atoms with E-state index < -0.39 is 42.4 Å². The molecule has 0 radical (unpaired) electrons. The molecule has 0 amide bonds. The second kappa shape index (κ2) is 5.00. The number of hydrogen-bond acceptors (Lipinski definition) is 7. The molecule has 9 nitrogen and oxygen atoms in total. The van der Waals surface area contributed by atoms with Gasteiger partial charge in [-0.15, -0.1) is 0 Å². The Morgan fingerprint density at radius 1 is 1.56 bits per heavy atom. The second-order valence-electron chi connectivity index (χ2n) is 3.86. The molecule has 2 unspecified atom stereocenters. The summed E-state index contributed by atoms with van der Waals surface area (Å²) in [7, 11) is 0. The largest absolute Gasteiger partial charge is 0.394 e. The van der Waals surface area contributed by atoms with Gasteiger partial charge in [0.1, 0.15) is 18.3 Å². The highest BCUT2D eigenvalue weighted by Crippen LogP contribution is 2.29. The first kappa shape index (κ1) is 12.9. The number of nitrogens with one attached hydrogen (secondary N) is 1. The highest BCUT2D eigenvalue weighted by molar-refractivity contribution is 4.93. The minimum Gasteiger partial charge on any atom is -0.394 e. The minimum absolute atomic E-state index is 0.423. The maximum Gasteiger partial charge on any atom is 0.330 e. The number of rotatable bonds is 3. The molecule has 1 fully saturated rings. The monoisotopic (exact) mass is 259 g/mol. The lowest BCUT2D eigenvalue weighted by Crippen LogP contribution is -2.40. The van der Waals surface area contributed by atoms with E-state index in [-0.39, 0.29) is 0 Å². The molecule has 0 aromatic carbocycles. The van der Waals surface area contributed by atoms with E-state index in [1.54, 1.807) is 0 Å². The summed E-state index contributed by atoms with van der Waals surface area (Å²) in [5.74, 6) is 5.00. The molecular formula is C9H13N3O6. The molecule has 5 N–H and O–H groups in total. The molecular weight excluding hydrogens is 246 g/mol. The van der Waals surface area contributed by atoms with Crippen LogP contribution in [0.1, 0.15) is 6.23 Å². The molecule has 0 saturated carbocycles. The van der Waals surface area contributed by atoms with Gasteiger partial charge >= 0.3 is 5.69 Å². The van der Waals surface area contributed by atoms with Crippen molar-refractivity contribution in [3.8, 4) is 0 Å². The molecule has 1 aromatic rings. The maximum absolute atomic E-state index is 11.5. The zero-order chi connectivity index (χ0) is 13.3. The van der Waals surface area contributed by atoms with Crippen LogP contribution in [0.25, 0.3) is 0 Å². The van der Waals surface area contributed by atoms with E-state index in [0.717, 1.165) is 10.6 Å². The third kappa shape index (κ3) is 2.09. The molecule has 1 saturated heterocycles. The Bertz CT molecular complexity index is 526. The van der Waals surface area contributed by atoms with Gasteiger partial charge in [0.2, 0.25) is 0 Å². The van der Waals surface area contributed by atoms with Crippen molar-refractivity contribution in [3.05, 3.63) is 33.1 Å². The Morgan fingerprint density at radius 3 is 2.78 bits per heavy atom. The minimum atomic E-state index is -1.24. The van der Waals surface area contributed by atoms with Gasteiger partial charge in [0.05, 0.1) is 6.61 Å². The van der Waals surface area contributed by atoms with Crippen molar-refractivity contribution in [2.45, 2.75) is 24.5 Å². The number of aliphatic hydroxyl groups is 2. The van der Waals surface area contributed by atoms with Crippen LogP contribution in [0.4, 0.5) is 0 Å². The average molecular weight is 259 g/mol. The Hall–Kier alpha value is -1.52. The van der Waals surface area contributed by atoms with Gasteiger partial charge in [0, 0.05) is 12.3 Å². The zero-order valence-electron chi connectivity index (χ0n) is 9.22. The lowest BCUT2D eigenvalue weighted by molar-refractivity contribution is -0.0629. The highest BCUT2D eigenvalue weighted by Gasteiger charge is 2.45. The number of ether oxygens (including phenoxy) is 1. The van der Waals surface area contributed by atoms with E-state index in [1.165, 1.54) is 6.20 Å². The van der Waals surface area contributed by atoms with Gasteiger partial charge in [0.25, 0.3) is 5.56 Å². The van der Waals surface area contributed by atoms with Crippen LogP contribution in [0.5, 0.6) is 0 Å². The summed E-state index contributed by atoms with van der Waals surface area (Å²) in [4.78, 5) is 29.0. The van der Waals surface area contributed by atoms with Crippen LogP contribution < -0.4 is 17.1 Å². The third-order valence-electron chi connectivity index (χ3n) is 2.77. The number of H-pyrrole nitrogens is 1. The molecule has 0 aliphatic carbocycles. The summed E-state index contributed by atoms with van der Waals surface area (Å²) in [5.41, 5.74) is -1.30. The predicted octanol–water partition coefficient (Wildman–Crippen LogP) is -2.95. The molecule has 9 heteroatoms. The van der Waals surface area contributed by atoms with Crippen molar-refractivity contribution >= 4 is 0 Å². The maximum atomic E-state index is 11.5. The van der Waals surface area contributed by atoms with Crippen molar-refractivity contribution in [1.29, 1.82) is 0 Å². The van der Waals surface area contributed by atoms with Gasteiger partial charge in [-0.25, -0.2) is 10.7 Å². The van der Waals surface area contributed by atoms with Gasteiger partial charge in [-0.3, -0.25) is 19.2 Å². The van der Waals surface area contributed by atoms with E-state index in [4.69, 9.17) is 15.7 Å². The summed E-state index contributed by atoms with van der Waals surface area (Å²) in [6, 6.07) is 1.11. The summed E-state index contributed by atoms with van der Waals surface area (Å²) in [5, 5.41) is 19.0. The van der Waals surface area contributed by atoms with Crippen molar-refractivity contribution in [1.82, 2.24) is 9.55 Å². The van der Waals surface area contributed by atoms with Gasteiger partial charge < -0.3 is 14.9 Å². The fraction of sp³-hybridized carbons (Fsp3) is 0.556. The summed E-state index contributed by atoms with van der Waals surface area (Å²) in [6.45, 7) is -0.423. The standard InChI is InChI=1S/C9H13N3O6/c10-18-7-4(3-13)17-8(6(7)15)12-2-1-5(14)11-9(12)16/h1-2,4,6-8,13,15H,3,10H2,(H,11,14,16)/t4-,6?,7?,8-/m0/s1. The van der Waals surface area contributed by atoms with Crippen LogP contribution in [0, 0.1) is 0 Å². The van der Waals surface area contributed by atoms with Crippen molar-refractivity contribution in [2.24, 2.45) is 5.90 Å². The molecule has 100 valence electrons. The number of aliphatic hydroxyl groups excluding tert-OH is 2. The summed E-state index contributed by atoms with van der Waals surface area (Å²) < 4.78 is 6.26. The quantitative estimate of drug-likeness (QED) is 0.425. The Morgan fingerprint density at radius 2 is 2.28 bits per heavy atom. The van der Waals surface area contributed by atoms with Crippen LogP contribution >= 0.6 is 0 Å². The molecule has 1 aromatic heterocycles. The molecule has 18 heavy (non-hydrogen) atoms. The van der Waals surface area contributed by atoms with Crippen molar-refractivity contribution in [3.63, 3.8) is 0 Å². The normalized spacial score (nSPS) is 31.7. The van der Waals surface area contributed by atoms with Crippen molar-refractivity contribution in [2.75, 3.05) is 6.61 Å². The molecule has 4 atom stereocenters. The zero-order valence-corrected chi connectivity index (χ0v) is 9.22. The third-order valence-corrected chi connectivity index (χ3v) is 2.77. The first-order valence-electron chi connectivity index (χ1n) is 5.20. The average Bonchev–Trinajstić information content (AvgIpc) is 2.66. The second-order valence-corrected chi connectivity index (χ2v) is 3.86. The van der Waals surface area contributed by atoms with Crippen molar-refractivity contribution < 1.29 is 19.8 Å². The van der Waals surface area contributed by atoms with Gasteiger partial charge in [0.15, 0.2) is 6.23 Å². The lowest BCUT2D eigenvalue weighted by atomic mass is 10.1. The molecule has 2 rings (SSSR count). The van der Waals surface area contributed by atoms with Crippen LogP contribution in [0.3, 0.4) is 0 Å². The van der Waals surface area contributed by atoms with E-state index in [0.29, 0.717) is 0 Å². The summed E-state index contributed by atoms with van der Waals surface area (Å²) >= 11 is 0. The predicted molar refractivity (Wildman–Crippen MR) is 57.4 cm³/mol. The van der Waals surface area contributed by atoms with Crippen LogP contribution in [0.2, 0.25) is 0 Å². The van der Waals surface area contributed by atoms with E-state index in [1.807, 2.05) is 4.98 Å². The number of aromatic amines is 1. The van der Waals surface area contributed by atoms with E-state index in [2.05, 4.69) is 4.84 Å². The number of nitrogens with zero attached hydrogens (tertiary/aromatic N) is 1. The molecule has 2 heterocycles. The number of aromatic nitrogens is 2. The fourth-order valence-corrected chi connectivity index (χ4v) is 1.89. The highest BCUT2D eigenvalue weighted by atomic mass is 16.7. The Kier molecular flexibility index (Phi) is 3.59. The van der Waals surface area contributed by atoms with E-state index in [9.17, 15) is 14.7 Å². The smallest absolute Gasteiger partial charge is 0.330 e. The summed E-state index contributed by atoms with van der Waals surface area (Å²) in [6.07, 6.45) is -2.95. The lowest BCUT2D eigenvalue weighted by Gasteiger charge is -2.17. The number of hydrogen-bond donors (Lipinski definition) is 4. The van der Waals surface area contributed by atoms with Gasteiger partial charge in [-0.2, -0.15) is 0 Å². The SMILES string of the molecule is NOC1C(O)[C@@H](n2ccc(=O)[nH]c2=O)O[C@H]1CO. The fourth-order valence-electron chi connectivity index (χ4n) is 1.89. The van der Waals surface area contributed by atoms with Gasteiger partial charge in [-0.05, 0) is 0 Å². The van der Waals surface area contributed by atoms with Crippen LogP contribution in [0.15, 0.2) is 21.9 Å². The van der Waals surface area contributed by atoms with Crippen LogP contribution in [-0.4, -0.2) is 44.7 Å². The molecule has 0 bridgehead atoms. The Labute approximate surface area is 100 Å². The van der Waals surface area contributed by atoms with E-state index >= 15 is 0 Å². The molecule has 1 aliphatic heterocycles. The topological polar surface area (TPSA) is 140 Å². The number of nitrogens with two attached hydrogens (primary N) is 1.